The molecule has 0 amide bonds. The standard InChI is InChI=1S/C15H16FN/c1-11-8-13(6-7-15(11)16)9-12-4-3-5-14(10-12)17-2/h3-8,10,17H,9H2,1-2H3. The fourth-order valence-electron chi connectivity index (χ4n) is 1.89. The minimum absolute atomic E-state index is 0.141. The summed E-state index contributed by atoms with van der Waals surface area (Å²) in [4.78, 5) is 0. The Hall–Kier alpha value is -1.83. The molecule has 0 bridgehead atoms. The summed E-state index contributed by atoms with van der Waals surface area (Å²) in [7, 11) is 1.90. The average Bonchev–Trinajstić information content (AvgIpc) is 2.34. The molecule has 88 valence electrons. The lowest BCUT2D eigenvalue weighted by Crippen LogP contribution is -1.93. The maximum atomic E-state index is 13.1. The van der Waals surface area contributed by atoms with Gasteiger partial charge in [0.1, 0.15) is 5.82 Å². The Labute approximate surface area is 101 Å². The molecule has 17 heavy (non-hydrogen) atoms. The molecular weight excluding hydrogens is 213 g/mol. The van der Waals surface area contributed by atoms with Crippen molar-refractivity contribution in [1.29, 1.82) is 0 Å². The Bertz CT molecular complexity index is 520. The van der Waals surface area contributed by atoms with Gasteiger partial charge in [-0.05, 0) is 48.2 Å². The van der Waals surface area contributed by atoms with Crippen LogP contribution in [0.1, 0.15) is 16.7 Å². The fraction of sp³-hybridized carbons (Fsp3) is 0.200. The molecule has 0 atom stereocenters. The van der Waals surface area contributed by atoms with Crippen molar-refractivity contribution in [3.05, 3.63) is 65.0 Å². The first kappa shape index (κ1) is 11.6. The van der Waals surface area contributed by atoms with Gasteiger partial charge in [-0.15, -0.1) is 0 Å². The van der Waals surface area contributed by atoms with Gasteiger partial charge in [0, 0.05) is 12.7 Å². The quantitative estimate of drug-likeness (QED) is 0.844. The zero-order valence-electron chi connectivity index (χ0n) is 10.1. The molecule has 0 unspecified atom stereocenters. The highest BCUT2D eigenvalue weighted by Gasteiger charge is 2.01. The molecule has 2 heteroatoms. The van der Waals surface area contributed by atoms with Crippen LogP contribution in [0.25, 0.3) is 0 Å². The van der Waals surface area contributed by atoms with E-state index < -0.39 is 0 Å². The zero-order chi connectivity index (χ0) is 12.3. The van der Waals surface area contributed by atoms with Gasteiger partial charge in [-0.25, -0.2) is 4.39 Å². The third-order valence-corrected chi connectivity index (χ3v) is 2.85. The summed E-state index contributed by atoms with van der Waals surface area (Å²) in [5.74, 6) is -0.141. The normalized spacial score (nSPS) is 10.3. The van der Waals surface area contributed by atoms with Crippen LogP contribution in [-0.4, -0.2) is 7.05 Å². The highest BCUT2D eigenvalue weighted by atomic mass is 19.1. The van der Waals surface area contributed by atoms with Crippen molar-refractivity contribution in [2.75, 3.05) is 12.4 Å². The van der Waals surface area contributed by atoms with Gasteiger partial charge in [-0.1, -0.05) is 24.3 Å². The van der Waals surface area contributed by atoms with E-state index in [4.69, 9.17) is 0 Å². The number of halogens is 1. The molecule has 0 radical (unpaired) electrons. The van der Waals surface area contributed by atoms with Crippen molar-refractivity contribution in [2.45, 2.75) is 13.3 Å². The van der Waals surface area contributed by atoms with Crippen molar-refractivity contribution < 1.29 is 4.39 Å². The van der Waals surface area contributed by atoms with Crippen LogP contribution in [0.15, 0.2) is 42.5 Å². The molecule has 1 nitrogen and oxygen atoms in total. The van der Waals surface area contributed by atoms with Gasteiger partial charge in [0.05, 0.1) is 0 Å². The minimum atomic E-state index is -0.141. The van der Waals surface area contributed by atoms with Gasteiger partial charge < -0.3 is 5.32 Å². The van der Waals surface area contributed by atoms with Crippen molar-refractivity contribution in [3.8, 4) is 0 Å². The van der Waals surface area contributed by atoms with Crippen LogP contribution in [0.4, 0.5) is 10.1 Å². The maximum Gasteiger partial charge on any atom is 0.126 e. The molecule has 0 aromatic heterocycles. The number of anilines is 1. The molecular formula is C15H16FN. The van der Waals surface area contributed by atoms with Gasteiger partial charge in [-0.2, -0.15) is 0 Å². The highest BCUT2D eigenvalue weighted by Crippen LogP contribution is 2.16. The van der Waals surface area contributed by atoms with Crippen LogP contribution in [0.2, 0.25) is 0 Å². The summed E-state index contributed by atoms with van der Waals surface area (Å²) in [6, 6.07) is 13.5. The van der Waals surface area contributed by atoms with Crippen LogP contribution in [-0.2, 0) is 6.42 Å². The summed E-state index contributed by atoms with van der Waals surface area (Å²) in [6.45, 7) is 1.79. The van der Waals surface area contributed by atoms with E-state index >= 15 is 0 Å². The summed E-state index contributed by atoms with van der Waals surface area (Å²) in [6.07, 6.45) is 0.830. The number of hydrogen-bond donors (Lipinski definition) is 1. The van der Waals surface area contributed by atoms with Crippen LogP contribution in [0, 0.1) is 12.7 Å². The zero-order valence-corrected chi connectivity index (χ0v) is 10.1. The van der Waals surface area contributed by atoms with E-state index in [-0.39, 0.29) is 5.82 Å². The summed E-state index contributed by atoms with van der Waals surface area (Å²) in [5, 5.41) is 3.11. The molecule has 0 spiro atoms. The van der Waals surface area contributed by atoms with E-state index in [9.17, 15) is 4.39 Å². The number of aryl methyl sites for hydroxylation is 1. The second kappa shape index (κ2) is 5.00. The lowest BCUT2D eigenvalue weighted by Gasteiger charge is -2.06. The Balaban J connectivity index is 2.22. The van der Waals surface area contributed by atoms with Crippen LogP contribution in [0.3, 0.4) is 0 Å². The SMILES string of the molecule is CNc1cccc(Cc2ccc(F)c(C)c2)c1. The van der Waals surface area contributed by atoms with Crippen molar-refractivity contribution in [1.82, 2.24) is 0 Å². The summed E-state index contributed by atoms with van der Waals surface area (Å²) >= 11 is 0. The first-order chi connectivity index (χ1) is 8.19. The number of benzene rings is 2. The summed E-state index contributed by atoms with van der Waals surface area (Å²) in [5.41, 5.74) is 4.16. The van der Waals surface area contributed by atoms with Crippen molar-refractivity contribution >= 4 is 5.69 Å². The Morgan fingerprint density at radius 3 is 2.53 bits per heavy atom. The predicted octanol–water partition coefficient (Wildman–Crippen LogP) is 3.77. The first-order valence-electron chi connectivity index (χ1n) is 5.71. The number of nitrogens with one attached hydrogen (secondary N) is 1. The molecule has 2 aromatic rings. The van der Waals surface area contributed by atoms with E-state index in [0.29, 0.717) is 5.56 Å². The Morgan fingerprint density at radius 2 is 1.82 bits per heavy atom. The van der Waals surface area contributed by atoms with E-state index in [1.165, 1.54) is 11.6 Å². The number of hydrogen-bond acceptors (Lipinski definition) is 1. The second-order valence-corrected chi connectivity index (χ2v) is 4.21. The molecule has 0 aliphatic rings. The highest BCUT2D eigenvalue weighted by molar-refractivity contribution is 5.46. The molecule has 0 aliphatic carbocycles. The predicted molar refractivity (Wildman–Crippen MR) is 69.9 cm³/mol. The smallest absolute Gasteiger partial charge is 0.126 e. The van der Waals surface area contributed by atoms with Gasteiger partial charge in [0.2, 0.25) is 0 Å². The fourth-order valence-corrected chi connectivity index (χ4v) is 1.89. The van der Waals surface area contributed by atoms with E-state index in [1.807, 2.05) is 31.3 Å². The molecule has 2 rings (SSSR count). The molecule has 2 aromatic carbocycles. The van der Waals surface area contributed by atoms with Crippen LogP contribution in [0.5, 0.6) is 0 Å². The van der Waals surface area contributed by atoms with E-state index in [2.05, 4.69) is 17.4 Å². The van der Waals surface area contributed by atoms with Gasteiger partial charge >= 0.3 is 0 Å². The van der Waals surface area contributed by atoms with E-state index in [1.54, 1.807) is 6.92 Å². The van der Waals surface area contributed by atoms with Gasteiger partial charge in [-0.3, -0.25) is 0 Å². The summed E-state index contributed by atoms with van der Waals surface area (Å²) < 4.78 is 13.1. The lowest BCUT2D eigenvalue weighted by molar-refractivity contribution is 0.618. The minimum Gasteiger partial charge on any atom is -0.388 e. The van der Waals surface area contributed by atoms with Crippen molar-refractivity contribution in [3.63, 3.8) is 0 Å². The average molecular weight is 229 g/mol. The lowest BCUT2D eigenvalue weighted by atomic mass is 10.0. The molecule has 0 heterocycles. The van der Waals surface area contributed by atoms with Crippen LogP contribution < -0.4 is 5.32 Å². The topological polar surface area (TPSA) is 12.0 Å². The molecule has 0 aliphatic heterocycles. The molecule has 1 N–H and O–H groups in total. The molecule has 0 saturated heterocycles. The third kappa shape index (κ3) is 2.84. The first-order valence-corrected chi connectivity index (χ1v) is 5.71. The van der Waals surface area contributed by atoms with E-state index in [0.717, 1.165) is 17.7 Å². The van der Waals surface area contributed by atoms with Crippen molar-refractivity contribution in [2.24, 2.45) is 0 Å². The maximum absolute atomic E-state index is 13.1. The molecule has 0 saturated carbocycles. The largest absolute Gasteiger partial charge is 0.388 e. The third-order valence-electron chi connectivity index (χ3n) is 2.85. The van der Waals surface area contributed by atoms with Gasteiger partial charge in [0.25, 0.3) is 0 Å². The van der Waals surface area contributed by atoms with Crippen LogP contribution >= 0.6 is 0 Å². The Morgan fingerprint density at radius 1 is 1.06 bits per heavy atom. The monoisotopic (exact) mass is 229 g/mol. The Kier molecular flexibility index (Phi) is 3.43. The second-order valence-electron chi connectivity index (χ2n) is 4.21. The number of rotatable bonds is 3. The van der Waals surface area contributed by atoms with Gasteiger partial charge in [0.15, 0.2) is 0 Å². The molecule has 0 fully saturated rings.